The van der Waals surface area contributed by atoms with Crippen LogP contribution >= 0.6 is 0 Å². The van der Waals surface area contributed by atoms with Gasteiger partial charge in [-0.2, -0.15) is 0 Å². The first-order chi connectivity index (χ1) is 6.70. The van der Waals surface area contributed by atoms with E-state index in [4.69, 9.17) is 0 Å². The number of nitrogens with one attached hydrogen (secondary N) is 1. The highest BCUT2D eigenvalue weighted by molar-refractivity contribution is 5.96. The number of piperidine rings is 1. The Morgan fingerprint density at radius 1 is 1.21 bits per heavy atom. The molecule has 0 bridgehead atoms. The highest BCUT2D eigenvalue weighted by atomic mass is 16.2. The molecule has 14 heavy (non-hydrogen) atoms. The molecule has 0 spiro atoms. The lowest BCUT2D eigenvalue weighted by Gasteiger charge is -2.32. The SMILES string of the molecule is CC1=C(C)C(N2CCCCC2)NC1=O. The minimum Gasteiger partial charge on any atom is -0.333 e. The van der Waals surface area contributed by atoms with Gasteiger partial charge >= 0.3 is 0 Å². The lowest BCUT2D eigenvalue weighted by Crippen LogP contribution is -2.47. The zero-order valence-electron chi connectivity index (χ0n) is 8.97. The number of hydrogen-bond donors (Lipinski definition) is 1. The van der Waals surface area contributed by atoms with Gasteiger partial charge in [-0.1, -0.05) is 6.42 Å². The van der Waals surface area contributed by atoms with E-state index >= 15 is 0 Å². The van der Waals surface area contributed by atoms with Gasteiger partial charge in [-0.3, -0.25) is 9.69 Å². The van der Waals surface area contributed by atoms with E-state index in [1.54, 1.807) is 0 Å². The first-order valence-electron chi connectivity index (χ1n) is 5.42. The van der Waals surface area contributed by atoms with Gasteiger partial charge in [0.2, 0.25) is 5.91 Å². The lowest BCUT2D eigenvalue weighted by molar-refractivity contribution is -0.117. The van der Waals surface area contributed by atoms with Crippen molar-refractivity contribution < 1.29 is 4.79 Å². The first kappa shape index (κ1) is 9.71. The topological polar surface area (TPSA) is 32.3 Å². The fraction of sp³-hybridized carbons (Fsp3) is 0.727. The summed E-state index contributed by atoms with van der Waals surface area (Å²) in [5.41, 5.74) is 2.11. The molecule has 78 valence electrons. The van der Waals surface area contributed by atoms with Crippen LogP contribution in [0, 0.1) is 0 Å². The molecular weight excluding hydrogens is 176 g/mol. The molecule has 0 aromatic carbocycles. The summed E-state index contributed by atoms with van der Waals surface area (Å²) in [6, 6.07) is 0. The van der Waals surface area contributed by atoms with Crippen LogP contribution in [0.1, 0.15) is 33.1 Å². The molecule has 2 aliphatic heterocycles. The second-order valence-corrected chi connectivity index (χ2v) is 4.28. The van der Waals surface area contributed by atoms with E-state index in [9.17, 15) is 4.79 Å². The molecule has 1 fully saturated rings. The van der Waals surface area contributed by atoms with Crippen LogP contribution < -0.4 is 5.32 Å². The number of carbonyl (C=O) groups is 1. The fourth-order valence-electron chi connectivity index (χ4n) is 2.27. The number of rotatable bonds is 1. The van der Waals surface area contributed by atoms with Gasteiger partial charge in [0.15, 0.2) is 0 Å². The molecule has 1 amide bonds. The highest BCUT2D eigenvalue weighted by Gasteiger charge is 2.30. The Hall–Kier alpha value is -0.830. The van der Waals surface area contributed by atoms with Crippen molar-refractivity contribution in [2.45, 2.75) is 39.3 Å². The predicted molar refractivity (Wildman–Crippen MR) is 55.7 cm³/mol. The van der Waals surface area contributed by atoms with Gasteiger partial charge in [-0.05, 0) is 32.3 Å². The van der Waals surface area contributed by atoms with E-state index in [2.05, 4.69) is 17.1 Å². The summed E-state index contributed by atoms with van der Waals surface area (Å²) in [4.78, 5) is 13.8. The van der Waals surface area contributed by atoms with Crippen LogP contribution in [-0.2, 0) is 4.79 Å². The monoisotopic (exact) mass is 194 g/mol. The Morgan fingerprint density at radius 3 is 2.36 bits per heavy atom. The molecule has 2 rings (SSSR count). The summed E-state index contributed by atoms with van der Waals surface area (Å²) in [5, 5.41) is 3.04. The van der Waals surface area contributed by atoms with E-state index in [1.165, 1.54) is 24.8 Å². The van der Waals surface area contributed by atoms with Crippen LogP contribution in [0.25, 0.3) is 0 Å². The minimum absolute atomic E-state index is 0.109. The lowest BCUT2D eigenvalue weighted by atomic mass is 10.1. The third-order valence-corrected chi connectivity index (χ3v) is 3.37. The van der Waals surface area contributed by atoms with Crippen molar-refractivity contribution in [2.24, 2.45) is 0 Å². The maximum atomic E-state index is 11.4. The Kier molecular flexibility index (Phi) is 2.59. The van der Waals surface area contributed by atoms with Crippen molar-refractivity contribution in [1.29, 1.82) is 0 Å². The highest BCUT2D eigenvalue weighted by Crippen LogP contribution is 2.22. The molecule has 0 saturated carbocycles. The Bertz CT molecular complexity index is 277. The summed E-state index contributed by atoms with van der Waals surface area (Å²) in [5.74, 6) is 0.109. The summed E-state index contributed by atoms with van der Waals surface area (Å²) >= 11 is 0. The molecule has 3 heteroatoms. The molecule has 0 aromatic heterocycles. The smallest absolute Gasteiger partial charge is 0.248 e. The van der Waals surface area contributed by atoms with Crippen LogP contribution in [0.15, 0.2) is 11.1 Å². The maximum Gasteiger partial charge on any atom is 0.248 e. The van der Waals surface area contributed by atoms with Crippen LogP contribution in [0.3, 0.4) is 0 Å². The number of nitrogens with zero attached hydrogens (tertiary/aromatic N) is 1. The largest absolute Gasteiger partial charge is 0.333 e. The first-order valence-corrected chi connectivity index (χ1v) is 5.42. The fourth-order valence-corrected chi connectivity index (χ4v) is 2.27. The average Bonchev–Trinajstić information content (AvgIpc) is 2.47. The van der Waals surface area contributed by atoms with E-state index in [-0.39, 0.29) is 12.1 Å². The third-order valence-electron chi connectivity index (χ3n) is 3.37. The van der Waals surface area contributed by atoms with Crippen molar-refractivity contribution in [2.75, 3.05) is 13.1 Å². The van der Waals surface area contributed by atoms with Crippen LogP contribution in [0.2, 0.25) is 0 Å². The summed E-state index contributed by atoms with van der Waals surface area (Å²) < 4.78 is 0. The summed E-state index contributed by atoms with van der Waals surface area (Å²) in [6.07, 6.45) is 4.04. The average molecular weight is 194 g/mol. The maximum absolute atomic E-state index is 11.4. The molecule has 1 unspecified atom stereocenters. The van der Waals surface area contributed by atoms with Gasteiger partial charge < -0.3 is 5.32 Å². The van der Waals surface area contributed by atoms with Crippen molar-refractivity contribution in [3.05, 3.63) is 11.1 Å². The minimum atomic E-state index is 0.109. The molecule has 1 atom stereocenters. The number of amides is 1. The molecule has 0 aliphatic carbocycles. The molecule has 3 nitrogen and oxygen atoms in total. The van der Waals surface area contributed by atoms with E-state index < -0.39 is 0 Å². The van der Waals surface area contributed by atoms with Crippen molar-refractivity contribution >= 4 is 5.91 Å². The number of hydrogen-bond acceptors (Lipinski definition) is 2. The standard InChI is InChI=1S/C11H18N2O/c1-8-9(2)11(14)12-10(8)13-6-4-3-5-7-13/h10H,3-7H2,1-2H3,(H,12,14). The van der Waals surface area contributed by atoms with E-state index in [0.29, 0.717) is 0 Å². The molecule has 1 saturated heterocycles. The predicted octanol–water partition coefficient (Wildman–Crippen LogP) is 1.26. The van der Waals surface area contributed by atoms with E-state index in [0.717, 1.165) is 18.7 Å². The molecule has 0 radical (unpaired) electrons. The van der Waals surface area contributed by atoms with Gasteiger partial charge in [0.1, 0.15) is 6.17 Å². The van der Waals surface area contributed by atoms with Gasteiger partial charge in [0, 0.05) is 18.7 Å². The molecule has 2 aliphatic rings. The molecule has 2 heterocycles. The Labute approximate surface area is 85.2 Å². The second-order valence-electron chi connectivity index (χ2n) is 4.28. The van der Waals surface area contributed by atoms with Crippen molar-refractivity contribution in [1.82, 2.24) is 10.2 Å². The molecular formula is C11H18N2O. The third kappa shape index (κ3) is 1.57. The van der Waals surface area contributed by atoms with Crippen molar-refractivity contribution in [3.63, 3.8) is 0 Å². The summed E-state index contributed by atoms with van der Waals surface area (Å²) in [7, 11) is 0. The van der Waals surface area contributed by atoms with Gasteiger partial charge in [0.25, 0.3) is 0 Å². The number of likely N-dealkylation sites (tertiary alicyclic amines) is 1. The normalized spacial score (nSPS) is 29.6. The van der Waals surface area contributed by atoms with Crippen LogP contribution in [-0.4, -0.2) is 30.1 Å². The van der Waals surface area contributed by atoms with Crippen LogP contribution in [0.5, 0.6) is 0 Å². The quantitative estimate of drug-likeness (QED) is 0.681. The summed E-state index contributed by atoms with van der Waals surface area (Å²) in [6.45, 7) is 6.21. The van der Waals surface area contributed by atoms with Crippen molar-refractivity contribution in [3.8, 4) is 0 Å². The molecule has 1 N–H and O–H groups in total. The zero-order chi connectivity index (χ0) is 10.1. The van der Waals surface area contributed by atoms with Gasteiger partial charge in [-0.15, -0.1) is 0 Å². The van der Waals surface area contributed by atoms with Gasteiger partial charge in [0.05, 0.1) is 0 Å². The Morgan fingerprint density at radius 2 is 1.86 bits per heavy atom. The zero-order valence-corrected chi connectivity index (χ0v) is 8.97. The number of carbonyl (C=O) groups excluding carboxylic acids is 1. The second kappa shape index (κ2) is 3.73. The van der Waals surface area contributed by atoms with E-state index in [1.807, 2.05) is 6.92 Å². The Balaban J connectivity index is 2.09. The van der Waals surface area contributed by atoms with Gasteiger partial charge in [-0.25, -0.2) is 0 Å². The van der Waals surface area contributed by atoms with Crippen LogP contribution in [0.4, 0.5) is 0 Å². The molecule has 0 aromatic rings.